The molecule has 1 atom stereocenters. The normalized spacial score (nSPS) is 12.2. The molecule has 5 N–H and O–H groups in total. The zero-order chi connectivity index (χ0) is 10.4. The molecule has 6 nitrogen and oxygen atoms in total. The van der Waals surface area contributed by atoms with Crippen LogP contribution in [0.3, 0.4) is 0 Å². The number of aliphatic hydroxyl groups is 1. The van der Waals surface area contributed by atoms with Crippen molar-refractivity contribution in [3.8, 4) is 0 Å². The number of aliphatic hydroxyl groups excluding tert-OH is 1. The topological polar surface area (TPSA) is 96.1 Å². The van der Waals surface area contributed by atoms with Crippen LogP contribution >= 0.6 is 0 Å². The fourth-order valence-corrected chi connectivity index (χ4v) is 0.876. The summed E-state index contributed by atoms with van der Waals surface area (Å²) in [6.07, 6.45) is 1.42. The molecular weight excluding hydrogens is 182 g/mol. The fourth-order valence-electron chi connectivity index (χ4n) is 0.876. The minimum Gasteiger partial charge on any atom is -0.396 e. The molecule has 0 saturated heterocycles. The lowest BCUT2D eigenvalue weighted by molar-refractivity contribution is 0.244. The van der Waals surface area contributed by atoms with E-state index in [0.29, 0.717) is 18.2 Å². The third-order valence-electron chi connectivity index (χ3n) is 1.76. The first-order valence-corrected chi connectivity index (χ1v) is 4.39. The lowest BCUT2D eigenvalue weighted by Gasteiger charge is -2.10. The number of hydrazine groups is 1. The van der Waals surface area contributed by atoms with E-state index in [1.807, 2.05) is 6.92 Å². The minimum absolute atomic E-state index is 0.153. The molecule has 0 amide bonds. The summed E-state index contributed by atoms with van der Waals surface area (Å²) in [6, 6.07) is 1.70. The number of nitrogens with zero attached hydrogens (tertiary/aromatic N) is 2. The van der Waals surface area contributed by atoms with E-state index in [0.717, 1.165) is 0 Å². The van der Waals surface area contributed by atoms with Crippen molar-refractivity contribution in [3.05, 3.63) is 12.4 Å². The van der Waals surface area contributed by atoms with Crippen LogP contribution in [-0.4, -0.2) is 28.2 Å². The zero-order valence-electron chi connectivity index (χ0n) is 8.07. The number of rotatable bonds is 5. The van der Waals surface area contributed by atoms with Gasteiger partial charge in [-0.3, -0.25) is 0 Å². The fraction of sp³-hybridized carbons (Fsp3) is 0.500. The van der Waals surface area contributed by atoms with Crippen molar-refractivity contribution in [2.45, 2.75) is 6.92 Å². The predicted molar refractivity (Wildman–Crippen MR) is 54.6 cm³/mol. The molecule has 1 aromatic heterocycles. The number of hydrogen-bond acceptors (Lipinski definition) is 6. The maximum atomic E-state index is 8.81. The molecule has 0 radical (unpaired) electrons. The SMILES string of the molecule is CC(CO)CNc1cc(NN)ncn1. The predicted octanol–water partition coefficient (Wildman–Crippen LogP) is -0.198. The first-order chi connectivity index (χ1) is 6.76. The standard InChI is InChI=1S/C8H15N5O/c1-6(4-14)3-10-7-2-8(13-9)12-5-11-7/h2,5-6,14H,3-4,9H2,1H3,(H2,10,11,12,13). The Bertz CT molecular complexity index is 280. The number of nitrogens with two attached hydrogens (primary N) is 1. The van der Waals surface area contributed by atoms with Crippen molar-refractivity contribution in [1.29, 1.82) is 0 Å². The molecule has 0 saturated carbocycles. The molecule has 1 aromatic rings. The van der Waals surface area contributed by atoms with E-state index in [1.165, 1.54) is 6.33 Å². The Balaban J connectivity index is 2.50. The van der Waals surface area contributed by atoms with Gasteiger partial charge in [-0.25, -0.2) is 15.8 Å². The van der Waals surface area contributed by atoms with Gasteiger partial charge in [0.2, 0.25) is 0 Å². The van der Waals surface area contributed by atoms with E-state index in [4.69, 9.17) is 10.9 Å². The van der Waals surface area contributed by atoms with E-state index in [9.17, 15) is 0 Å². The third-order valence-corrected chi connectivity index (χ3v) is 1.76. The number of nitrogens with one attached hydrogen (secondary N) is 2. The van der Waals surface area contributed by atoms with Gasteiger partial charge in [-0.15, -0.1) is 0 Å². The van der Waals surface area contributed by atoms with Crippen molar-refractivity contribution in [1.82, 2.24) is 9.97 Å². The Kier molecular flexibility index (Phi) is 4.09. The second kappa shape index (κ2) is 5.36. The van der Waals surface area contributed by atoms with Gasteiger partial charge >= 0.3 is 0 Å². The van der Waals surface area contributed by atoms with Crippen LogP contribution in [0.5, 0.6) is 0 Å². The lowest BCUT2D eigenvalue weighted by Crippen LogP contribution is -2.16. The number of aromatic nitrogens is 2. The summed E-state index contributed by atoms with van der Waals surface area (Å²) < 4.78 is 0. The van der Waals surface area contributed by atoms with Gasteiger partial charge in [0, 0.05) is 19.2 Å². The number of anilines is 2. The maximum Gasteiger partial charge on any atom is 0.145 e. The van der Waals surface area contributed by atoms with E-state index in [2.05, 4.69) is 20.7 Å². The van der Waals surface area contributed by atoms with Crippen molar-refractivity contribution in [2.24, 2.45) is 11.8 Å². The van der Waals surface area contributed by atoms with Gasteiger partial charge in [-0.2, -0.15) is 0 Å². The molecule has 6 heteroatoms. The van der Waals surface area contributed by atoms with Gasteiger partial charge in [0.05, 0.1) is 0 Å². The smallest absolute Gasteiger partial charge is 0.145 e. The monoisotopic (exact) mass is 197 g/mol. The minimum atomic E-state index is 0.153. The molecule has 0 bridgehead atoms. The number of nitrogen functional groups attached to an aromatic ring is 1. The summed E-state index contributed by atoms with van der Waals surface area (Å²) >= 11 is 0. The van der Waals surface area contributed by atoms with E-state index >= 15 is 0 Å². The quantitative estimate of drug-likeness (QED) is 0.386. The summed E-state index contributed by atoms with van der Waals surface area (Å²) in [7, 11) is 0. The molecule has 78 valence electrons. The molecular formula is C8H15N5O. The van der Waals surface area contributed by atoms with Crippen molar-refractivity contribution in [3.63, 3.8) is 0 Å². The second-order valence-electron chi connectivity index (χ2n) is 3.10. The van der Waals surface area contributed by atoms with E-state index in [-0.39, 0.29) is 12.5 Å². The zero-order valence-corrected chi connectivity index (χ0v) is 8.07. The molecule has 0 aliphatic rings. The van der Waals surface area contributed by atoms with Crippen LogP contribution in [0.25, 0.3) is 0 Å². The molecule has 0 aliphatic heterocycles. The van der Waals surface area contributed by atoms with Gasteiger partial charge in [0.25, 0.3) is 0 Å². The molecule has 0 spiro atoms. The molecule has 1 rings (SSSR count). The summed E-state index contributed by atoms with van der Waals surface area (Å²) in [5.41, 5.74) is 2.43. The summed E-state index contributed by atoms with van der Waals surface area (Å²) in [5.74, 6) is 6.63. The van der Waals surface area contributed by atoms with Crippen LogP contribution in [0.1, 0.15) is 6.92 Å². The Morgan fingerprint density at radius 2 is 2.21 bits per heavy atom. The maximum absolute atomic E-state index is 8.81. The highest BCUT2D eigenvalue weighted by Crippen LogP contribution is 2.07. The van der Waals surface area contributed by atoms with Gasteiger partial charge in [0.15, 0.2) is 0 Å². The van der Waals surface area contributed by atoms with Gasteiger partial charge < -0.3 is 15.8 Å². The highest BCUT2D eigenvalue weighted by atomic mass is 16.3. The first-order valence-electron chi connectivity index (χ1n) is 4.39. The van der Waals surface area contributed by atoms with Crippen molar-refractivity contribution < 1.29 is 5.11 Å². The van der Waals surface area contributed by atoms with Crippen LogP contribution in [0.15, 0.2) is 12.4 Å². The van der Waals surface area contributed by atoms with Gasteiger partial charge in [-0.1, -0.05) is 6.92 Å². The Hall–Kier alpha value is -1.40. The Labute approximate surface area is 82.5 Å². The molecule has 0 fully saturated rings. The van der Waals surface area contributed by atoms with Crippen LogP contribution in [0.2, 0.25) is 0 Å². The first kappa shape index (κ1) is 10.7. The highest BCUT2D eigenvalue weighted by molar-refractivity contribution is 5.45. The second-order valence-corrected chi connectivity index (χ2v) is 3.10. The molecule has 0 aliphatic carbocycles. The van der Waals surface area contributed by atoms with E-state index < -0.39 is 0 Å². The van der Waals surface area contributed by atoms with Crippen LogP contribution in [0, 0.1) is 5.92 Å². The van der Waals surface area contributed by atoms with E-state index in [1.54, 1.807) is 6.07 Å². The largest absolute Gasteiger partial charge is 0.396 e. The summed E-state index contributed by atoms with van der Waals surface area (Å²) in [6.45, 7) is 2.76. The van der Waals surface area contributed by atoms with Crippen LogP contribution in [0.4, 0.5) is 11.6 Å². The third kappa shape index (κ3) is 3.15. The van der Waals surface area contributed by atoms with Crippen molar-refractivity contribution in [2.75, 3.05) is 23.9 Å². The lowest BCUT2D eigenvalue weighted by atomic mass is 10.2. The average Bonchev–Trinajstić information content (AvgIpc) is 2.26. The van der Waals surface area contributed by atoms with Crippen molar-refractivity contribution >= 4 is 11.6 Å². The number of hydrogen-bond donors (Lipinski definition) is 4. The molecule has 14 heavy (non-hydrogen) atoms. The molecule has 0 aromatic carbocycles. The van der Waals surface area contributed by atoms with Gasteiger partial charge in [-0.05, 0) is 5.92 Å². The van der Waals surface area contributed by atoms with Crippen LogP contribution < -0.4 is 16.6 Å². The summed E-state index contributed by atoms with van der Waals surface area (Å²) in [5, 5.41) is 11.9. The van der Waals surface area contributed by atoms with Gasteiger partial charge in [0.1, 0.15) is 18.0 Å². The molecule has 1 heterocycles. The molecule has 1 unspecified atom stereocenters. The summed E-state index contributed by atoms with van der Waals surface area (Å²) in [4.78, 5) is 7.86. The van der Waals surface area contributed by atoms with Crippen LogP contribution in [-0.2, 0) is 0 Å². The average molecular weight is 197 g/mol. The Morgan fingerprint density at radius 3 is 2.86 bits per heavy atom. The highest BCUT2D eigenvalue weighted by Gasteiger charge is 2.01. The Morgan fingerprint density at radius 1 is 1.50 bits per heavy atom.